The topological polar surface area (TPSA) is 64.2 Å². The number of aryl methyl sites for hydroxylation is 2. The van der Waals surface area contributed by atoms with Crippen LogP contribution in [0.2, 0.25) is 0 Å². The van der Waals surface area contributed by atoms with Gasteiger partial charge in [-0.1, -0.05) is 23.9 Å². The van der Waals surface area contributed by atoms with E-state index in [1.165, 1.54) is 42.2 Å². The van der Waals surface area contributed by atoms with Gasteiger partial charge in [-0.3, -0.25) is 9.36 Å². The molecule has 3 aromatic rings. The molecule has 0 radical (unpaired) electrons. The summed E-state index contributed by atoms with van der Waals surface area (Å²) in [5.74, 6) is 2.22. The first-order chi connectivity index (χ1) is 14.3. The number of rotatable bonds is 7. The normalized spacial score (nSPS) is 15.8. The van der Waals surface area contributed by atoms with Crippen LogP contribution in [0.4, 0.5) is 5.95 Å². The van der Waals surface area contributed by atoms with E-state index < -0.39 is 0 Å². The zero-order valence-electron chi connectivity index (χ0n) is 16.3. The second-order valence-corrected chi connectivity index (χ2v) is 8.63. The Kier molecular flexibility index (Phi) is 5.14. The average molecular weight is 409 g/mol. The molecule has 0 N–H and O–H groups in total. The van der Waals surface area contributed by atoms with Gasteiger partial charge in [-0.2, -0.15) is 0 Å². The molecule has 1 aliphatic heterocycles. The molecule has 3 heterocycles. The van der Waals surface area contributed by atoms with E-state index in [9.17, 15) is 4.79 Å². The number of furan rings is 1. The van der Waals surface area contributed by atoms with Crippen LogP contribution in [0.15, 0.2) is 46.2 Å². The molecule has 2 aliphatic rings. The van der Waals surface area contributed by atoms with E-state index in [4.69, 9.17) is 4.42 Å². The van der Waals surface area contributed by atoms with Crippen LogP contribution in [-0.4, -0.2) is 39.4 Å². The SMILES string of the molecule is O=C(CSc1nnc(N2CCCC2)n1Cc1ccco1)c1ccc2c(c1)CCC2. The molecule has 0 amide bonds. The third-order valence-corrected chi connectivity index (χ3v) is 6.70. The van der Waals surface area contributed by atoms with E-state index in [-0.39, 0.29) is 5.78 Å². The Morgan fingerprint density at radius 3 is 2.76 bits per heavy atom. The van der Waals surface area contributed by atoms with Gasteiger partial charge in [-0.15, -0.1) is 10.2 Å². The van der Waals surface area contributed by atoms with Crippen LogP contribution in [0.5, 0.6) is 0 Å². The highest BCUT2D eigenvalue weighted by Gasteiger charge is 2.23. The van der Waals surface area contributed by atoms with Gasteiger partial charge < -0.3 is 9.32 Å². The molecule has 1 fully saturated rings. The second-order valence-electron chi connectivity index (χ2n) is 7.69. The summed E-state index contributed by atoms with van der Waals surface area (Å²) in [6.45, 7) is 2.56. The lowest BCUT2D eigenvalue weighted by atomic mass is 10.0. The third-order valence-electron chi connectivity index (χ3n) is 5.73. The Morgan fingerprint density at radius 2 is 1.93 bits per heavy atom. The van der Waals surface area contributed by atoms with Crippen LogP contribution in [-0.2, 0) is 19.4 Å². The van der Waals surface area contributed by atoms with Crippen molar-refractivity contribution >= 4 is 23.5 Å². The second kappa shape index (κ2) is 8.06. The van der Waals surface area contributed by atoms with Gasteiger partial charge in [0, 0.05) is 18.7 Å². The fourth-order valence-electron chi connectivity index (χ4n) is 4.19. The summed E-state index contributed by atoms with van der Waals surface area (Å²) in [4.78, 5) is 15.1. The Morgan fingerprint density at radius 1 is 1.07 bits per heavy atom. The van der Waals surface area contributed by atoms with E-state index in [1.807, 2.05) is 18.2 Å². The van der Waals surface area contributed by atoms with E-state index in [0.717, 1.165) is 48.4 Å². The molecule has 0 spiro atoms. The maximum absolute atomic E-state index is 12.8. The number of ketones is 1. The highest BCUT2D eigenvalue weighted by molar-refractivity contribution is 7.99. The van der Waals surface area contributed by atoms with E-state index in [1.54, 1.807) is 6.26 Å². The molecule has 150 valence electrons. The molecule has 1 saturated heterocycles. The summed E-state index contributed by atoms with van der Waals surface area (Å²) in [7, 11) is 0. The van der Waals surface area contributed by atoms with Gasteiger partial charge in [0.2, 0.25) is 5.95 Å². The van der Waals surface area contributed by atoms with Crippen LogP contribution in [0, 0.1) is 0 Å². The molecule has 0 bridgehead atoms. The number of anilines is 1. The van der Waals surface area contributed by atoms with Crippen LogP contribution in [0.25, 0.3) is 0 Å². The van der Waals surface area contributed by atoms with Crippen molar-refractivity contribution < 1.29 is 9.21 Å². The lowest BCUT2D eigenvalue weighted by molar-refractivity contribution is 0.102. The maximum Gasteiger partial charge on any atom is 0.228 e. The van der Waals surface area contributed by atoms with Gasteiger partial charge in [0.15, 0.2) is 10.9 Å². The number of hydrogen-bond donors (Lipinski definition) is 0. The number of fused-ring (bicyclic) bond motifs is 1. The van der Waals surface area contributed by atoms with Crippen molar-refractivity contribution in [1.82, 2.24) is 14.8 Å². The molecular weight excluding hydrogens is 384 g/mol. The number of hydrogen-bond acceptors (Lipinski definition) is 6. The van der Waals surface area contributed by atoms with Gasteiger partial charge in [-0.05, 0) is 61.4 Å². The predicted octanol–water partition coefficient (Wildman–Crippen LogP) is 3.98. The van der Waals surface area contributed by atoms with Gasteiger partial charge >= 0.3 is 0 Å². The summed E-state index contributed by atoms with van der Waals surface area (Å²) in [5.41, 5.74) is 3.52. The smallest absolute Gasteiger partial charge is 0.228 e. The minimum absolute atomic E-state index is 0.139. The summed E-state index contributed by atoms with van der Waals surface area (Å²) < 4.78 is 7.62. The minimum Gasteiger partial charge on any atom is -0.467 e. The predicted molar refractivity (Wildman–Crippen MR) is 113 cm³/mol. The number of thioether (sulfide) groups is 1. The monoisotopic (exact) mass is 408 g/mol. The molecule has 0 unspecified atom stereocenters. The van der Waals surface area contributed by atoms with Crippen LogP contribution >= 0.6 is 11.8 Å². The Hall–Kier alpha value is -2.54. The number of nitrogens with zero attached hydrogens (tertiary/aromatic N) is 4. The van der Waals surface area contributed by atoms with Crippen molar-refractivity contribution in [3.05, 3.63) is 59.0 Å². The number of Topliss-reactive ketones (excluding diaryl/α,β-unsaturated/α-hetero) is 1. The zero-order valence-corrected chi connectivity index (χ0v) is 17.2. The standard InChI is InChI=1S/C22H24N4O2S/c27-20(18-9-8-16-5-3-6-17(16)13-18)15-29-22-24-23-21(25-10-1-2-11-25)26(22)14-19-7-4-12-28-19/h4,7-9,12-13H,1-3,5-6,10-11,14-15H2. The minimum atomic E-state index is 0.139. The summed E-state index contributed by atoms with van der Waals surface area (Å²) >= 11 is 1.46. The molecule has 29 heavy (non-hydrogen) atoms. The summed E-state index contributed by atoms with van der Waals surface area (Å²) in [6.07, 6.45) is 7.43. The van der Waals surface area contributed by atoms with Gasteiger partial charge in [-0.25, -0.2) is 0 Å². The van der Waals surface area contributed by atoms with E-state index >= 15 is 0 Å². The molecule has 1 aliphatic carbocycles. The summed E-state index contributed by atoms with van der Waals surface area (Å²) in [6, 6.07) is 10.0. The molecule has 7 heteroatoms. The first-order valence-electron chi connectivity index (χ1n) is 10.3. The fourth-order valence-corrected chi connectivity index (χ4v) is 5.02. The number of benzene rings is 1. The van der Waals surface area contributed by atoms with Crippen molar-refractivity contribution in [3.63, 3.8) is 0 Å². The van der Waals surface area contributed by atoms with E-state index in [2.05, 4.69) is 31.8 Å². The quantitative estimate of drug-likeness (QED) is 0.435. The fraction of sp³-hybridized carbons (Fsp3) is 0.409. The van der Waals surface area contributed by atoms with Gasteiger partial charge in [0.1, 0.15) is 5.76 Å². The van der Waals surface area contributed by atoms with Crippen LogP contribution < -0.4 is 4.90 Å². The number of aromatic nitrogens is 3. The third kappa shape index (κ3) is 3.83. The number of carbonyl (C=O) groups excluding carboxylic acids is 1. The molecule has 5 rings (SSSR count). The largest absolute Gasteiger partial charge is 0.467 e. The highest BCUT2D eigenvalue weighted by atomic mass is 32.2. The summed E-state index contributed by atoms with van der Waals surface area (Å²) in [5, 5.41) is 9.61. The molecule has 0 saturated carbocycles. The Bertz CT molecular complexity index is 1010. The Balaban J connectivity index is 1.34. The van der Waals surface area contributed by atoms with Gasteiger partial charge in [0.25, 0.3) is 0 Å². The lowest BCUT2D eigenvalue weighted by Gasteiger charge is -2.17. The molecular formula is C22H24N4O2S. The van der Waals surface area contributed by atoms with Crippen molar-refractivity contribution in [1.29, 1.82) is 0 Å². The van der Waals surface area contributed by atoms with Crippen LogP contribution in [0.1, 0.15) is 46.5 Å². The first kappa shape index (κ1) is 18.5. The van der Waals surface area contributed by atoms with E-state index in [0.29, 0.717) is 12.3 Å². The maximum atomic E-state index is 12.8. The Labute approximate surface area is 174 Å². The lowest BCUT2D eigenvalue weighted by Crippen LogP contribution is -2.22. The van der Waals surface area contributed by atoms with Crippen molar-refractivity contribution in [2.45, 2.75) is 43.8 Å². The van der Waals surface area contributed by atoms with Crippen LogP contribution in [0.3, 0.4) is 0 Å². The molecule has 2 aromatic heterocycles. The van der Waals surface area contributed by atoms with Gasteiger partial charge in [0.05, 0.1) is 18.6 Å². The number of carbonyl (C=O) groups is 1. The van der Waals surface area contributed by atoms with Crippen molar-refractivity contribution in [2.24, 2.45) is 0 Å². The molecule has 0 atom stereocenters. The average Bonchev–Trinajstić information content (AvgIpc) is 3.53. The molecule has 1 aromatic carbocycles. The highest BCUT2D eigenvalue weighted by Crippen LogP contribution is 2.27. The first-order valence-corrected chi connectivity index (χ1v) is 11.2. The van der Waals surface area contributed by atoms with Crippen molar-refractivity contribution in [2.75, 3.05) is 23.7 Å². The van der Waals surface area contributed by atoms with Crippen molar-refractivity contribution in [3.8, 4) is 0 Å². The zero-order chi connectivity index (χ0) is 19.6. The molecule has 6 nitrogen and oxygen atoms in total.